The normalized spacial score (nSPS) is 12.4. The molecule has 0 bridgehead atoms. The second-order valence-electron chi connectivity index (χ2n) is 2.43. The first-order valence-electron chi connectivity index (χ1n) is 3.75. The molecule has 0 aromatic rings. The van der Waals surface area contributed by atoms with Gasteiger partial charge >= 0.3 is 0 Å². The first kappa shape index (κ1) is 11.9. The van der Waals surface area contributed by atoms with Crippen LogP contribution >= 0.6 is 45.7 Å². The summed E-state index contributed by atoms with van der Waals surface area (Å²) in [6.07, 6.45) is 2.34. The molecule has 0 saturated heterocycles. The smallest absolute Gasteiger partial charge is 0.122 e. The highest BCUT2D eigenvalue weighted by Crippen LogP contribution is 2.16. The summed E-state index contributed by atoms with van der Waals surface area (Å²) >= 11 is 4.33. The second kappa shape index (κ2) is 6.45. The number of nitrogens with zero attached hydrogens (tertiary/aromatic N) is 2. The quantitative estimate of drug-likeness (QED) is 0.317. The molecule has 66 valence electrons. The molecule has 0 spiro atoms. The summed E-state index contributed by atoms with van der Waals surface area (Å²) in [5.41, 5.74) is 0. The van der Waals surface area contributed by atoms with E-state index < -0.39 is 0 Å². The van der Waals surface area contributed by atoms with Crippen molar-refractivity contribution >= 4 is 51.6 Å². The van der Waals surface area contributed by atoms with Crippen molar-refractivity contribution in [1.82, 2.24) is 3.11 Å². The Labute approximate surface area is 96.8 Å². The van der Waals surface area contributed by atoms with Crippen LogP contribution in [0.5, 0.6) is 0 Å². The van der Waals surface area contributed by atoms with Gasteiger partial charge in [0.2, 0.25) is 0 Å². The largest absolute Gasteiger partial charge is 0.305 e. The Kier molecular flexibility index (Phi) is 6.99. The van der Waals surface area contributed by atoms with Gasteiger partial charge in [-0.05, 0) is 12.8 Å². The lowest BCUT2D eigenvalue weighted by molar-refractivity contribution is 0.604. The van der Waals surface area contributed by atoms with Gasteiger partial charge < -0.3 is 3.11 Å². The van der Waals surface area contributed by atoms with Crippen LogP contribution in [0.1, 0.15) is 26.7 Å². The molecule has 0 aliphatic heterocycles. The van der Waals surface area contributed by atoms with Crippen LogP contribution in [-0.2, 0) is 0 Å². The van der Waals surface area contributed by atoms with Gasteiger partial charge in [0.05, 0.1) is 45.7 Å². The Hall–Kier alpha value is 0.930. The lowest BCUT2D eigenvalue weighted by Gasteiger charge is -2.19. The topological polar surface area (TPSA) is 15.6 Å². The molecule has 4 heteroatoms. The number of hydrogen-bond acceptors (Lipinski definition) is 1. The standard InChI is InChI=1S/C7H14I2N2/c1-4-6(5-2)7(10-8)11(3)9/h6H,4-5H2,1-3H3. The summed E-state index contributed by atoms with van der Waals surface area (Å²) in [6, 6.07) is 0. The Bertz CT molecular complexity index is 130. The second-order valence-corrected chi connectivity index (χ2v) is 4.36. The molecule has 0 fully saturated rings. The maximum Gasteiger partial charge on any atom is 0.122 e. The highest BCUT2D eigenvalue weighted by molar-refractivity contribution is 14.1. The van der Waals surface area contributed by atoms with Gasteiger partial charge in [-0.15, -0.1) is 0 Å². The molecule has 0 aromatic carbocycles. The van der Waals surface area contributed by atoms with Gasteiger partial charge in [-0.2, -0.15) is 0 Å². The van der Waals surface area contributed by atoms with Crippen molar-refractivity contribution in [3.05, 3.63) is 0 Å². The van der Waals surface area contributed by atoms with E-state index in [4.69, 9.17) is 0 Å². The van der Waals surface area contributed by atoms with Crippen LogP contribution in [0, 0.1) is 5.92 Å². The molecular formula is C7H14I2N2. The van der Waals surface area contributed by atoms with Gasteiger partial charge in [-0.25, -0.2) is 3.21 Å². The van der Waals surface area contributed by atoms with Crippen LogP contribution < -0.4 is 0 Å². The van der Waals surface area contributed by atoms with Crippen LogP contribution in [0.4, 0.5) is 0 Å². The molecule has 11 heavy (non-hydrogen) atoms. The van der Waals surface area contributed by atoms with Gasteiger partial charge in [0.25, 0.3) is 0 Å². The third-order valence-corrected chi connectivity index (χ3v) is 2.74. The van der Waals surface area contributed by atoms with Crippen LogP contribution in [0.3, 0.4) is 0 Å². The van der Waals surface area contributed by atoms with Crippen molar-refractivity contribution in [2.75, 3.05) is 7.05 Å². The highest BCUT2D eigenvalue weighted by atomic mass is 127. The fourth-order valence-corrected chi connectivity index (χ4v) is 2.66. The van der Waals surface area contributed by atoms with Crippen LogP contribution in [0.2, 0.25) is 0 Å². The van der Waals surface area contributed by atoms with Crippen LogP contribution in [0.25, 0.3) is 0 Å². The Balaban J connectivity index is 4.23. The molecule has 0 aliphatic carbocycles. The van der Waals surface area contributed by atoms with Crippen molar-refractivity contribution in [1.29, 1.82) is 0 Å². The minimum atomic E-state index is 0.619. The summed E-state index contributed by atoms with van der Waals surface area (Å²) < 4.78 is 6.31. The van der Waals surface area contributed by atoms with Gasteiger partial charge in [0.1, 0.15) is 5.84 Å². The molecule has 0 rings (SSSR count). The first-order chi connectivity index (χ1) is 5.17. The van der Waals surface area contributed by atoms with Crippen molar-refractivity contribution in [2.24, 2.45) is 9.12 Å². The van der Waals surface area contributed by atoms with Crippen LogP contribution in [0.15, 0.2) is 3.21 Å². The highest BCUT2D eigenvalue weighted by Gasteiger charge is 2.13. The van der Waals surface area contributed by atoms with E-state index in [0.29, 0.717) is 5.92 Å². The third kappa shape index (κ3) is 3.91. The third-order valence-electron chi connectivity index (χ3n) is 1.75. The molecule has 0 radical (unpaired) electrons. The Morgan fingerprint density at radius 1 is 1.45 bits per heavy atom. The van der Waals surface area contributed by atoms with E-state index in [1.165, 1.54) is 18.7 Å². The number of halogens is 2. The molecule has 0 aromatic heterocycles. The minimum absolute atomic E-state index is 0.619. The van der Waals surface area contributed by atoms with Gasteiger partial charge in [0.15, 0.2) is 0 Å². The predicted molar refractivity (Wildman–Crippen MR) is 67.3 cm³/mol. The minimum Gasteiger partial charge on any atom is -0.305 e. The zero-order valence-corrected chi connectivity index (χ0v) is 11.5. The number of hydrogen-bond donors (Lipinski definition) is 0. The van der Waals surface area contributed by atoms with E-state index in [2.05, 4.69) is 65.9 Å². The maximum atomic E-state index is 4.23. The molecular weight excluding hydrogens is 366 g/mol. The predicted octanol–water partition coefficient (Wildman–Crippen LogP) is 3.45. The fourth-order valence-electron chi connectivity index (χ4n) is 1.03. The zero-order valence-electron chi connectivity index (χ0n) is 7.14. The van der Waals surface area contributed by atoms with Crippen molar-refractivity contribution in [3.63, 3.8) is 0 Å². The lowest BCUT2D eigenvalue weighted by Crippen LogP contribution is -2.24. The van der Waals surface area contributed by atoms with Gasteiger partial charge in [-0.1, -0.05) is 13.8 Å². The fraction of sp³-hybridized carbons (Fsp3) is 0.857. The molecule has 0 heterocycles. The molecule has 0 N–H and O–H groups in total. The van der Waals surface area contributed by atoms with E-state index in [0.717, 1.165) is 0 Å². The average Bonchev–Trinajstić information content (AvgIpc) is 1.99. The van der Waals surface area contributed by atoms with E-state index in [1.54, 1.807) is 0 Å². The SMILES string of the molecule is CCC(CC)C(=NI)N(C)I. The zero-order chi connectivity index (χ0) is 8.85. The summed E-state index contributed by atoms with van der Waals surface area (Å²) in [7, 11) is 2.04. The molecule has 0 aliphatic rings. The number of amidine groups is 1. The first-order valence-corrected chi connectivity index (χ1v) is 5.68. The van der Waals surface area contributed by atoms with Crippen molar-refractivity contribution in [3.8, 4) is 0 Å². The molecule has 0 amide bonds. The monoisotopic (exact) mass is 380 g/mol. The van der Waals surface area contributed by atoms with E-state index in [-0.39, 0.29) is 0 Å². The van der Waals surface area contributed by atoms with E-state index in [1.807, 2.05) is 7.05 Å². The van der Waals surface area contributed by atoms with Crippen LogP contribution in [-0.4, -0.2) is 16.0 Å². The molecule has 0 saturated carbocycles. The molecule has 0 unspecified atom stereocenters. The summed E-state index contributed by atoms with van der Waals surface area (Å²) in [6.45, 7) is 4.41. The average molecular weight is 380 g/mol. The summed E-state index contributed by atoms with van der Waals surface area (Å²) in [5, 5.41) is 0. The Morgan fingerprint density at radius 2 is 1.91 bits per heavy atom. The molecule has 2 nitrogen and oxygen atoms in total. The summed E-state index contributed by atoms with van der Waals surface area (Å²) in [4.78, 5) is 0. The lowest BCUT2D eigenvalue weighted by atomic mass is 10.0. The van der Waals surface area contributed by atoms with Gasteiger partial charge in [0, 0.05) is 13.0 Å². The van der Waals surface area contributed by atoms with E-state index in [9.17, 15) is 0 Å². The number of rotatable bonds is 3. The van der Waals surface area contributed by atoms with E-state index >= 15 is 0 Å². The van der Waals surface area contributed by atoms with Gasteiger partial charge in [-0.3, -0.25) is 0 Å². The maximum absolute atomic E-state index is 4.23. The molecule has 0 atom stereocenters. The van der Waals surface area contributed by atoms with Crippen molar-refractivity contribution in [2.45, 2.75) is 26.7 Å². The summed E-state index contributed by atoms with van der Waals surface area (Å²) in [5.74, 6) is 1.81. The Morgan fingerprint density at radius 3 is 2.00 bits per heavy atom. The van der Waals surface area contributed by atoms with Crippen molar-refractivity contribution < 1.29 is 0 Å².